The van der Waals surface area contributed by atoms with Gasteiger partial charge in [0.15, 0.2) is 0 Å². The highest BCUT2D eigenvalue weighted by molar-refractivity contribution is 7.89. The Bertz CT molecular complexity index is 570. The van der Waals surface area contributed by atoms with Gasteiger partial charge < -0.3 is 5.73 Å². The number of hydrogen-bond acceptors (Lipinski definition) is 4. The first-order chi connectivity index (χ1) is 9.93. The maximum absolute atomic E-state index is 12.2. The Labute approximate surface area is 139 Å². The van der Waals surface area contributed by atoms with Gasteiger partial charge in [0.05, 0.1) is 4.90 Å². The van der Waals surface area contributed by atoms with Crippen molar-refractivity contribution >= 4 is 22.4 Å². The second-order valence-electron chi connectivity index (χ2n) is 5.89. The summed E-state index contributed by atoms with van der Waals surface area (Å²) < 4.78 is 25.6. The molecule has 1 saturated heterocycles. The van der Waals surface area contributed by atoms with Crippen molar-refractivity contribution in [1.82, 2.24) is 9.21 Å². The number of benzene rings is 1. The second kappa shape index (κ2) is 8.26. The third-order valence-corrected chi connectivity index (χ3v) is 5.93. The maximum Gasteiger partial charge on any atom is 0.242 e. The highest BCUT2D eigenvalue weighted by Crippen LogP contribution is 2.20. The molecule has 0 aromatic heterocycles. The summed E-state index contributed by atoms with van der Waals surface area (Å²) in [6, 6.07) is 7.24. The van der Waals surface area contributed by atoms with E-state index in [1.807, 2.05) is 12.1 Å². The molecule has 0 bridgehead atoms. The first kappa shape index (κ1) is 19.4. The van der Waals surface area contributed by atoms with Gasteiger partial charge in [0.2, 0.25) is 10.0 Å². The first-order valence-corrected chi connectivity index (χ1v) is 8.81. The molecule has 126 valence electrons. The predicted molar refractivity (Wildman–Crippen MR) is 91.6 cm³/mol. The first-order valence-electron chi connectivity index (χ1n) is 7.37. The van der Waals surface area contributed by atoms with E-state index < -0.39 is 10.0 Å². The van der Waals surface area contributed by atoms with Crippen molar-refractivity contribution in [2.75, 3.05) is 33.7 Å². The number of likely N-dealkylation sites (tertiary alicyclic amines) is 1. The summed E-state index contributed by atoms with van der Waals surface area (Å²) in [4.78, 5) is 2.73. The number of halogens is 1. The Morgan fingerprint density at radius 3 is 2.45 bits per heavy atom. The molecule has 0 unspecified atom stereocenters. The zero-order chi connectivity index (χ0) is 15.5. The quantitative estimate of drug-likeness (QED) is 0.877. The largest absolute Gasteiger partial charge is 0.330 e. The molecule has 1 aromatic rings. The average Bonchev–Trinajstić information content (AvgIpc) is 2.48. The molecule has 0 spiro atoms. The molecule has 1 aliphatic heterocycles. The van der Waals surface area contributed by atoms with E-state index in [2.05, 4.69) is 4.90 Å². The standard InChI is InChI=1S/C15H25N3O2S.ClH/c1-17(2)21(19,20)15-5-3-4-14(10-15)12-18-8-6-13(11-16)7-9-18;/h3-5,10,13H,6-9,11-12,16H2,1-2H3;1H. The van der Waals surface area contributed by atoms with Gasteiger partial charge in [0, 0.05) is 20.6 Å². The zero-order valence-corrected chi connectivity index (χ0v) is 14.9. The molecule has 2 rings (SSSR count). The van der Waals surface area contributed by atoms with Crippen molar-refractivity contribution < 1.29 is 8.42 Å². The summed E-state index contributed by atoms with van der Waals surface area (Å²) in [7, 11) is -0.244. The minimum Gasteiger partial charge on any atom is -0.330 e. The van der Waals surface area contributed by atoms with Crippen LogP contribution in [-0.2, 0) is 16.6 Å². The summed E-state index contributed by atoms with van der Waals surface area (Å²) in [6.45, 7) is 3.64. The number of hydrogen-bond donors (Lipinski definition) is 1. The maximum atomic E-state index is 12.2. The molecule has 0 saturated carbocycles. The van der Waals surface area contributed by atoms with Gasteiger partial charge in [0.1, 0.15) is 0 Å². The van der Waals surface area contributed by atoms with E-state index in [0.717, 1.165) is 44.6 Å². The molecule has 22 heavy (non-hydrogen) atoms. The van der Waals surface area contributed by atoms with Crippen LogP contribution in [0.3, 0.4) is 0 Å². The van der Waals surface area contributed by atoms with Crippen molar-refractivity contribution in [3.63, 3.8) is 0 Å². The van der Waals surface area contributed by atoms with Crippen molar-refractivity contribution in [3.8, 4) is 0 Å². The van der Waals surface area contributed by atoms with Gasteiger partial charge in [0.25, 0.3) is 0 Å². The van der Waals surface area contributed by atoms with Gasteiger partial charge in [-0.15, -0.1) is 12.4 Å². The normalized spacial score (nSPS) is 17.5. The highest BCUT2D eigenvalue weighted by atomic mass is 35.5. The smallest absolute Gasteiger partial charge is 0.242 e. The van der Waals surface area contributed by atoms with Gasteiger partial charge in [-0.3, -0.25) is 4.90 Å². The third-order valence-electron chi connectivity index (χ3n) is 4.12. The SMILES string of the molecule is CN(C)S(=O)(=O)c1cccc(CN2CCC(CN)CC2)c1.Cl. The molecule has 1 fully saturated rings. The Hall–Kier alpha value is -0.660. The van der Waals surface area contributed by atoms with Crippen molar-refractivity contribution in [1.29, 1.82) is 0 Å². The number of sulfonamides is 1. The molecule has 0 amide bonds. The van der Waals surface area contributed by atoms with E-state index in [1.165, 1.54) is 4.31 Å². The summed E-state index contributed by atoms with van der Waals surface area (Å²) in [5.41, 5.74) is 6.75. The van der Waals surface area contributed by atoms with E-state index in [1.54, 1.807) is 26.2 Å². The fraction of sp³-hybridized carbons (Fsp3) is 0.600. The van der Waals surface area contributed by atoms with Crippen LogP contribution in [0.15, 0.2) is 29.2 Å². The fourth-order valence-electron chi connectivity index (χ4n) is 2.65. The molecule has 1 heterocycles. The third kappa shape index (κ3) is 4.67. The lowest BCUT2D eigenvalue weighted by Crippen LogP contribution is -2.35. The molecule has 1 aliphatic rings. The number of nitrogens with zero attached hydrogens (tertiary/aromatic N) is 2. The molecule has 5 nitrogen and oxygen atoms in total. The molecule has 1 aromatic carbocycles. The number of rotatable bonds is 5. The van der Waals surface area contributed by atoms with Gasteiger partial charge in [-0.25, -0.2) is 12.7 Å². The van der Waals surface area contributed by atoms with Crippen molar-refractivity contribution in [2.45, 2.75) is 24.3 Å². The summed E-state index contributed by atoms with van der Waals surface area (Å²) >= 11 is 0. The van der Waals surface area contributed by atoms with Gasteiger partial charge in [-0.1, -0.05) is 12.1 Å². The van der Waals surface area contributed by atoms with E-state index in [0.29, 0.717) is 10.8 Å². The second-order valence-corrected chi connectivity index (χ2v) is 8.04. The zero-order valence-electron chi connectivity index (χ0n) is 13.2. The summed E-state index contributed by atoms with van der Waals surface area (Å²) in [5.74, 6) is 0.640. The van der Waals surface area contributed by atoms with Crippen LogP contribution in [0.5, 0.6) is 0 Å². The van der Waals surface area contributed by atoms with E-state index in [4.69, 9.17) is 5.73 Å². The number of nitrogens with two attached hydrogens (primary N) is 1. The van der Waals surface area contributed by atoms with Crippen LogP contribution in [-0.4, -0.2) is 51.4 Å². The average molecular weight is 348 g/mol. The van der Waals surface area contributed by atoms with Crippen LogP contribution in [0.4, 0.5) is 0 Å². The van der Waals surface area contributed by atoms with Crippen LogP contribution in [0.1, 0.15) is 18.4 Å². The topological polar surface area (TPSA) is 66.6 Å². The lowest BCUT2D eigenvalue weighted by atomic mass is 9.97. The van der Waals surface area contributed by atoms with Gasteiger partial charge in [-0.05, 0) is 56.1 Å². The van der Waals surface area contributed by atoms with Gasteiger partial charge >= 0.3 is 0 Å². The molecular formula is C15H26ClN3O2S. The molecule has 0 radical (unpaired) electrons. The monoisotopic (exact) mass is 347 g/mol. The van der Waals surface area contributed by atoms with E-state index in [9.17, 15) is 8.42 Å². The molecule has 7 heteroatoms. The fourth-order valence-corrected chi connectivity index (χ4v) is 3.63. The Balaban J connectivity index is 0.00000242. The Kier molecular flexibility index (Phi) is 7.28. The van der Waals surface area contributed by atoms with E-state index in [-0.39, 0.29) is 12.4 Å². The van der Waals surface area contributed by atoms with Crippen LogP contribution < -0.4 is 5.73 Å². The van der Waals surface area contributed by atoms with Crippen LogP contribution in [0.25, 0.3) is 0 Å². The highest BCUT2D eigenvalue weighted by Gasteiger charge is 2.20. The Morgan fingerprint density at radius 2 is 1.91 bits per heavy atom. The molecule has 2 N–H and O–H groups in total. The van der Waals surface area contributed by atoms with Crippen LogP contribution in [0, 0.1) is 5.92 Å². The van der Waals surface area contributed by atoms with E-state index >= 15 is 0 Å². The van der Waals surface area contributed by atoms with Crippen molar-refractivity contribution in [2.24, 2.45) is 11.7 Å². The molecule has 0 aliphatic carbocycles. The Morgan fingerprint density at radius 1 is 1.27 bits per heavy atom. The lowest BCUT2D eigenvalue weighted by molar-refractivity contribution is 0.180. The molecule has 0 atom stereocenters. The van der Waals surface area contributed by atoms with Crippen LogP contribution in [0.2, 0.25) is 0 Å². The number of piperidine rings is 1. The minimum absolute atomic E-state index is 0. The summed E-state index contributed by atoms with van der Waals surface area (Å²) in [5, 5.41) is 0. The summed E-state index contributed by atoms with van der Waals surface area (Å²) in [6.07, 6.45) is 2.26. The van der Waals surface area contributed by atoms with Crippen molar-refractivity contribution in [3.05, 3.63) is 29.8 Å². The van der Waals surface area contributed by atoms with Crippen LogP contribution >= 0.6 is 12.4 Å². The minimum atomic E-state index is -3.35. The predicted octanol–water partition coefficient (Wildman–Crippen LogP) is 1.53. The van der Waals surface area contributed by atoms with Gasteiger partial charge in [-0.2, -0.15) is 0 Å². The lowest BCUT2D eigenvalue weighted by Gasteiger charge is -2.31. The molecular weight excluding hydrogens is 322 g/mol.